The normalized spacial score (nSPS) is 11.4. The Balaban J connectivity index is 2.63. The number of thioether (sulfide) groups is 1. The molecule has 0 aliphatic heterocycles. The van der Waals surface area contributed by atoms with Crippen molar-refractivity contribution in [1.82, 2.24) is 9.97 Å². The molecule has 90 valence electrons. The molecule has 0 atom stereocenters. The van der Waals surface area contributed by atoms with Gasteiger partial charge in [-0.3, -0.25) is 0 Å². The van der Waals surface area contributed by atoms with Crippen molar-refractivity contribution < 1.29 is 8.42 Å². The molecule has 0 aliphatic carbocycles. The van der Waals surface area contributed by atoms with Crippen LogP contribution in [0.1, 0.15) is 0 Å². The predicted octanol–water partition coefficient (Wildman–Crippen LogP) is 0.237. The van der Waals surface area contributed by atoms with Crippen LogP contribution in [-0.2, 0) is 9.84 Å². The summed E-state index contributed by atoms with van der Waals surface area (Å²) in [4.78, 5) is 7.93. The van der Waals surface area contributed by atoms with Gasteiger partial charge >= 0.3 is 0 Å². The van der Waals surface area contributed by atoms with Gasteiger partial charge in [-0.05, 0) is 0 Å². The van der Waals surface area contributed by atoms with Crippen molar-refractivity contribution in [2.45, 2.75) is 5.03 Å². The summed E-state index contributed by atoms with van der Waals surface area (Å²) in [6.07, 6.45) is 1.21. The molecule has 0 bridgehead atoms. The van der Waals surface area contributed by atoms with E-state index >= 15 is 0 Å². The maximum absolute atomic E-state index is 10.9. The van der Waals surface area contributed by atoms with Crippen LogP contribution in [0, 0.1) is 0 Å². The fraction of sp³-hybridized carbons (Fsp3) is 0.500. The first-order valence-electron chi connectivity index (χ1n) is 4.53. The SMILES string of the molecule is CNc1cc(SCCS(C)(=O)=O)nc(N)n1. The molecule has 0 saturated heterocycles. The van der Waals surface area contributed by atoms with Gasteiger partial charge < -0.3 is 11.1 Å². The largest absolute Gasteiger partial charge is 0.373 e. The molecule has 1 aromatic rings. The molecule has 0 spiro atoms. The molecule has 3 N–H and O–H groups in total. The van der Waals surface area contributed by atoms with Gasteiger partial charge in [-0.15, -0.1) is 11.8 Å². The monoisotopic (exact) mass is 262 g/mol. The summed E-state index contributed by atoms with van der Waals surface area (Å²) >= 11 is 1.34. The molecular weight excluding hydrogens is 248 g/mol. The van der Waals surface area contributed by atoms with Gasteiger partial charge in [-0.1, -0.05) is 0 Å². The van der Waals surface area contributed by atoms with Crippen LogP contribution in [-0.4, -0.2) is 43.2 Å². The van der Waals surface area contributed by atoms with Gasteiger partial charge in [0.25, 0.3) is 0 Å². The fourth-order valence-electron chi connectivity index (χ4n) is 0.942. The summed E-state index contributed by atoms with van der Waals surface area (Å²) in [5.41, 5.74) is 5.50. The zero-order chi connectivity index (χ0) is 12.2. The minimum atomic E-state index is -2.93. The zero-order valence-corrected chi connectivity index (χ0v) is 10.7. The quantitative estimate of drug-likeness (QED) is 0.579. The van der Waals surface area contributed by atoms with Gasteiger partial charge in [0, 0.05) is 25.1 Å². The maximum Gasteiger partial charge on any atom is 0.223 e. The molecule has 0 fully saturated rings. The van der Waals surface area contributed by atoms with Crippen LogP contribution in [0.25, 0.3) is 0 Å². The lowest BCUT2D eigenvalue weighted by atomic mass is 10.6. The Labute approximate surface area is 99.0 Å². The van der Waals surface area contributed by atoms with E-state index in [1.165, 1.54) is 18.0 Å². The van der Waals surface area contributed by atoms with Crippen LogP contribution in [0.5, 0.6) is 0 Å². The number of sulfone groups is 1. The third-order valence-corrected chi connectivity index (χ3v) is 3.80. The molecule has 0 radical (unpaired) electrons. The molecule has 0 amide bonds. The number of nitrogens with one attached hydrogen (secondary N) is 1. The average molecular weight is 262 g/mol. The average Bonchev–Trinajstić information content (AvgIpc) is 2.14. The van der Waals surface area contributed by atoms with Crippen LogP contribution < -0.4 is 11.1 Å². The Morgan fingerprint density at radius 3 is 2.75 bits per heavy atom. The Hall–Kier alpha value is -1.02. The molecule has 0 saturated carbocycles. The van der Waals surface area contributed by atoms with E-state index in [1.807, 2.05) is 0 Å². The highest BCUT2D eigenvalue weighted by molar-refractivity contribution is 8.00. The second-order valence-electron chi connectivity index (χ2n) is 3.18. The van der Waals surface area contributed by atoms with Crippen molar-refractivity contribution >= 4 is 33.4 Å². The van der Waals surface area contributed by atoms with E-state index in [0.717, 1.165) is 0 Å². The van der Waals surface area contributed by atoms with Crippen LogP contribution in [0.15, 0.2) is 11.1 Å². The molecule has 1 aromatic heterocycles. The van der Waals surface area contributed by atoms with E-state index in [-0.39, 0.29) is 11.7 Å². The third-order valence-electron chi connectivity index (χ3n) is 1.68. The Morgan fingerprint density at radius 2 is 2.19 bits per heavy atom. The second-order valence-corrected chi connectivity index (χ2v) is 6.55. The highest BCUT2D eigenvalue weighted by Gasteiger charge is 2.05. The summed E-state index contributed by atoms with van der Waals surface area (Å²) < 4.78 is 21.9. The number of nitrogens with two attached hydrogens (primary N) is 1. The number of anilines is 2. The number of nitrogens with zero attached hydrogens (tertiary/aromatic N) is 2. The van der Waals surface area contributed by atoms with Crippen LogP contribution >= 0.6 is 11.8 Å². The van der Waals surface area contributed by atoms with Crippen molar-refractivity contribution in [2.24, 2.45) is 0 Å². The summed E-state index contributed by atoms with van der Waals surface area (Å²) in [6, 6.07) is 1.73. The zero-order valence-electron chi connectivity index (χ0n) is 9.10. The number of hydrogen-bond donors (Lipinski definition) is 2. The van der Waals surface area contributed by atoms with E-state index in [0.29, 0.717) is 16.6 Å². The van der Waals surface area contributed by atoms with Crippen LogP contribution in [0.2, 0.25) is 0 Å². The van der Waals surface area contributed by atoms with Gasteiger partial charge in [-0.2, -0.15) is 4.98 Å². The van der Waals surface area contributed by atoms with E-state index in [9.17, 15) is 8.42 Å². The Kier molecular flexibility index (Phi) is 4.36. The number of hydrogen-bond acceptors (Lipinski definition) is 7. The van der Waals surface area contributed by atoms with E-state index in [1.54, 1.807) is 13.1 Å². The molecule has 1 heterocycles. The Bertz CT molecular complexity index is 461. The van der Waals surface area contributed by atoms with Gasteiger partial charge in [0.15, 0.2) is 0 Å². The summed E-state index contributed by atoms with van der Waals surface area (Å²) in [7, 11) is -1.20. The summed E-state index contributed by atoms with van der Waals surface area (Å²) in [6.45, 7) is 0. The van der Waals surface area contributed by atoms with Crippen LogP contribution in [0.3, 0.4) is 0 Å². The first-order valence-corrected chi connectivity index (χ1v) is 7.58. The van der Waals surface area contributed by atoms with Crippen molar-refractivity contribution in [3.05, 3.63) is 6.07 Å². The molecule has 0 unspecified atom stereocenters. The lowest BCUT2D eigenvalue weighted by Gasteiger charge is -2.04. The van der Waals surface area contributed by atoms with Crippen molar-refractivity contribution in [2.75, 3.05) is 35.9 Å². The highest BCUT2D eigenvalue weighted by atomic mass is 32.2. The molecule has 16 heavy (non-hydrogen) atoms. The molecular formula is C8H14N4O2S2. The minimum absolute atomic E-state index is 0.121. The van der Waals surface area contributed by atoms with E-state index in [2.05, 4.69) is 15.3 Å². The lowest BCUT2D eigenvalue weighted by molar-refractivity contribution is 0.603. The smallest absolute Gasteiger partial charge is 0.223 e. The molecule has 1 rings (SSSR count). The molecule has 0 aliphatic rings. The summed E-state index contributed by atoms with van der Waals surface area (Å²) in [5.74, 6) is 1.37. The topological polar surface area (TPSA) is 98.0 Å². The highest BCUT2D eigenvalue weighted by Crippen LogP contribution is 2.19. The lowest BCUT2D eigenvalue weighted by Crippen LogP contribution is -2.06. The molecule has 0 aromatic carbocycles. The first kappa shape index (κ1) is 13.0. The number of rotatable bonds is 5. The van der Waals surface area contributed by atoms with Gasteiger partial charge in [0.05, 0.1) is 5.75 Å². The van der Waals surface area contributed by atoms with Gasteiger partial charge in [0.1, 0.15) is 20.7 Å². The number of nitrogen functional groups attached to an aromatic ring is 1. The minimum Gasteiger partial charge on any atom is -0.373 e. The Morgan fingerprint density at radius 1 is 1.50 bits per heavy atom. The van der Waals surface area contributed by atoms with E-state index in [4.69, 9.17) is 5.73 Å². The molecule has 6 nitrogen and oxygen atoms in total. The van der Waals surface area contributed by atoms with Gasteiger partial charge in [0.2, 0.25) is 5.95 Å². The fourth-order valence-corrected chi connectivity index (χ4v) is 3.05. The maximum atomic E-state index is 10.9. The van der Waals surface area contributed by atoms with Crippen molar-refractivity contribution in [3.63, 3.8) is 0 Å². The predicted molar refractivity (Wildman–Crippen MR) is 66.4 cm³/mol. The van der Waals surface area contributed by atoms with Crippen molar-refractivity contribution in [3.8, 4) is 0 Å². The number of aromatic nitrogens is 2. The van der Waals surface area contributed by atoms with Crippen molar-refractivity contribution in [1.29, 1.82) is 0 Å². The van der Waals surface area contributed by atoms with Gasteiger partial charge in [-0.25, -0.2) is 13.4 Å². The third kappa shape index (κ3) is 4.67. The molecule has 8 heteroatoms. The second kappa shape index (κ2) is 5.35. The summed E-state index contributed by atoms with van der Waals surface area (Å²) in [5, 5.41) is 3.52. The van der Waals surface area contributed by atoms with E-state index < -0.39 is 9.84 Å². The standard InChI is InChI=1S/C8H14N4O2S2/c1-10-6-5-7(12-8(9)11-6)15-3-4-16(2,13)14/h5H,3-4H2,1-2H3,(H3,9,10,11,12). The van der Waals surface area contributed by atoms with Crippen LogP contribution in [0.4, 0.5) is 11.8 Å². The first-order chi connectivity index (χ1) is 7.40.